The van der Waals surface area contributed by atoms with Crippen LogP contribution in [0, 0.1) is 0 Å². The van der Waals surface area contributed by atoms with Gasteiger partial charge in [-0.05, 0) is 61.5 Å². The summed E-state index contributed by atoms with van der Waals surface area (Å²) in [7, 11) is 0. The molecule has 2 heterocycles. The zero-order valence-corrected chi connectivity index (χ0v) is 19.0. The van der Waals surface area contributed by atoms with Gasteiger partial charge in [-0.2, -0.15) is 0 Å². The van der Waals surface area contributed by atoms with Crippen molar-refractivity contribution in [1.82, 2.24) is 9.55 Å². The molecule has 0 aliphatic carbocycles. The number of carbonyl (C=O) groups excluding carboxylic acids is 2. The SMILES string of the molecule is CC(Sc1nc2cc(Cl)ccc2c(=O)n1Cc1ccco1)C(=O)Nc1ccc(C(N)=O)cc1. The number of nitrogens with two attached hydrogens (primary N) is 1. The van der Waals surface area contributed by atoms with Gasteiger partial charge in [-0.3, -0.25) is 19.0 Å². The number of benzene rings is 2. The summed E-state index contributed by atoms with van der Waals surface area (Å²) in [6.45, 7) is 1.88. The molecule has 4 rings (SSSR count). The lowest BCUT2D eigenvalue weighted by atomic mass is 10.2. The molecule has 0 bridgehead atoms. The van der Waals surface area contributed by atoms with E-state index in [1.165, 1.54) is 23.0 Å². The number of hydrogen-bond donors (Lipinski definition) is 2. The van der Waals surface area contributed by atoms with Crippen LogP contribution in [0.1, 0.15) is 23.0 Å². The Morgan fingerprint density at radius 3 is 2.64 bits per heavy atom. The number of nitrogens with zero attached hydrogens (tertiary/aromatic N) is 2. The number of fused-ring (bicyclic) bond motifs is 1. The van der Waals surface area contributed by atoms with Gasteiger partial charge in [-0.25, -0.2) is 4.98 Å². The number of carbonyl (C=O) groups is 2. The Bertz CT molecular complexity index is 1380. The van der Waals surface area contributed by atoms with E-state index >= 15 is 0 Å². The Hall–Kier alpha value is -3.56. The second-order valence-corrected chi connectivity index (χ2v) is 8.96. The van der Waals surface area contributed by atoms with E-state index in [1.807, 2.05) is 0 Å². The topological polar surface area (TPSA) is 120 Å². The number of amides is 2. The number of thioether (sulfide) groups is 1. The van der Waals surface area contributed by atoms with Crippen LogP contribution in [0.2, 0.25) is 5.02 Å². The third-order valence-electron chi connectivity index (χ3n) is 4.86. The Kier molecular flexibility index (Phi) is 6.52. The summed E-state index contributed by atoms with van der Waals surface area (Å²) in [6.07, 6.45) is 1.53. The molecule has 1 unspecified atom stereocenters. The first kappa shape index (κ1) is 22.6. The molecule has 10 heteroatoms. The highest BCUT2D eigenvalue weighted by Crippen LogP contribution is 2.25. The van der Waals surface area contributed by atoms with Crippen molar-refractivity contribution < 1.29 is 14.0 Å². The average molecular weight is 483 g/mol. The molecule has 1 atom stereocenters. The maximum atomic E-state index is 13.2. The minimum absolute atomic E-state index is 0.169. The molecule has 2 aromatic carbocycles. The second-order valence-electron chi connectivity index (χ2n) is 7.22. The van der Waals surface area contributed by atoms with Gasteiger partial charge < -0.3 is 15.5 Å². The van der Waals surface area contributed by atoms with Gasteiger partial charge >= 0.3 is 0 Å². The normalized spacial score (nSPS) is 11.9. The van der Waals surface area contributed by atoms with Gasteiger partial charge in [0.1, 0.15) is 5.76 Å². The molecule has 0 aliphatic rings. The molecule has 2 aromatic heterocycles. The van der Waals surface area contributed by atoms with Crippen molar-refractivity contribution in [3.8, 4) is 0 Å². The first-order valence-electron chi connectivity index (χ1n) is 9.91. The zero-order valence-electron chi connectivity index (χ0n) is 17.4. The fourth-order valence-electron chi connectivity index (χ4n) is 3.13. The first-order chi connectivity index (χ1) is 15.8. The van der Waals surface area contributed by atoms with E-state index in [9.17, 15) is 14.4 Å². The molecule has 0 spiro atoms. The Balaban J connectivity index is 1.62. The lowest BCUT2D eigenvalue weighted by molar-refractivity contribution is -0.115. The summed E-state index contributed by atoms with van der Waals surface area (Å²) < 4.78 is 6.88. The number of primary amides is 1. The Morgan fingerprint density at radius 1 is 1.21 bits per heavy atom. The van der Waals surface area contributed by atoms with Crippen molar-refractivity contribution in [3.63, 3.8) is 0 Å². The molecule has 33 heavy (non-hydrogen) atoms. The largest absolute Gasteiger partial charge is 0.467 e. The fourth-order valence-corrected chi connectivity index (χ4v) is 4.21. The van der Waals surface area contributed by atoms with E-state index in [2.05, 4.69) is 10.3 Å². The predicted molar refractivity (Wildman–Crippen MR) is 128 cm³/mol. The molecule has 0 radical (unpaired) electrons. The minimum Gasteiger partial charge on any atom is -0.467 e. The summed E-state index contributed by atoms with van der Waals surface area (Å²) in [5, 5.41) is 3.43. The number of nitrogens with one attached hydrogen (secondary N) is 1. The monoisotopic (exact) mass is 482 g/mol. The molecule has 0 fully saturated rings. The summed E-state index contributed by atoms with van der Waals surface area (Å²) in [5.74, 6) is -0.258. The van der Waals surface area contributed by atoms with Crippen LogP contribution in [0.15, 0.2) is 75.2 Å². The number of anilines is 1. The van der Waals surface area contributed by atoms with Crippen LogP contribution in [-0.2, 0) is 11.3 Å². The van der Waals surface area contributed by atoms with E-state index in [1.54, 1.807) is 49.4 Å². The van der Waals surface area contributed by atoms with Crippen molar-refractivity contribution in [2.45, 2.75) is 23.9 Å². The van der Waals surface area contributed by atoms with E-state index in [4.69, 9.17) is 21.8 Å². The van der Waals surface area contributed by atoms with Gasteiger partial charge in [0.25, 0.3) is 5.56 Å². The van der Waals surface area contributed by atoms with Gasteiger partial charge in [-0.15, -0.1) is 0 Å². The van der Waals surface area contributed by atoms with Crippen molar-refractivity contribution in [2.75, 3.05) is 5.32 Å². The zero-order chi connectivity index (χ0) is 23.5. The van der Waals surface area contributed by atoms with Crippen LogP contribution >= 0.6 is 23.4 Å². The fraction of sp³-hybridized carbons (Fsp3) is 0.130. The average Bonchev–Trinajstić information content (AvgIpc) is 3.30. The number of rotatable bonds is 7. The summed E-state index contributed by atoms with van der Waals surface area (Å²) in [6, 6.07) is 14.6. The third kappa shape index (κ3) is 5.10. The standard InChI is InChI=1S/C23H19ClN4O4S/c1-13(21(30)26-16-7-4-14(5-8-16)20(25)29)33-23-27-19-11-15(24)6-9-18(19)22(31)28(23)12-17-3-2-10-32-17/h2-11,13H,12H2,1H3,(H2,25,29)(H,26,30). The summed E-state index contributed by atoms with van der Waals surface area (Å²) in [4.78, 5) is 41.8. The van der Waals surface area contributed by atoms with Gasteiger partial charge in [0, 0.05) is 16.3 Å². The molecule has 168 valence electrons. The third-order valence-corrected chi connectivity index (χ3v) is 6.19. The van der Waals surface area contributed by atoms with E-state index in [-0.39, 0.29) is 18.0 Å². The van der Waals surface area contributed by atoms with Crippen LogP contribution in [-0.4, -0.2) is 26.6 Å². The molecule has 3 N–H and O–H groups in total. The lowest BCUT2D eigenvalue weighted by Gasteiger charge is -2.16. The summed E-state index contributed by atoms with van der Waals surface area (Å²) in [5.41, 5.74) is 6.29. The molecule has 2 amide bonds. The number of furan rings is 1. The molecular formula is C23H19ClN4O4S. The molecular weight excluding hydrogens is 464 g/mol. The molecule has 4 aromatic rings. The molecule has 0 saturated carbocycles. The predicted octanol–water partition coefficient (Wildman–Crippen LogP) is 3.91. The van der Waals surface area contributed by atoms with E-state index < -0.39 is 11.2 Å². The lowest BCUT2D eigenvalue weighted by Crippen LogP contribution is -2.27. The maximum absolute atomic E-state index is 13.2. The second kappa shape index (κ2) is 9.51. The molecule has 0 aliphatic heterocycles. The van der Waals surface area contributed by atoms with E-state index in [0.717, 1.165) is 11.8 Å². The van der Waals surface area contributed by atoms with Crippen molar-refractivity contribution in [1.29, 1.82) is 0 Å². The van der Waals surface area contributed by atoms with E-state index in [0.29, 0.717) is 38.1 Å². The van der Waals surface area contributed by atoms with Crippen LogP contribution in [0.5, 0.6) is 0 Å². The van der Waals surface area contributed by atoms with Crippen LogP contribution in [0.4, 0.5) is 5.69 Å². The van der Waals surface area contributed by atoms with Crippen LogP contribution in [0.25, 0.3) is 10.9 Å². The van der Waals surface area contributed by atoms with Crippen LogP contribution in [0.3, 0.4) is 0 Å². The maximum Gasteiger partial charge on any atom is 0.262 e. The number of aromatic nitrogens is 2. The van der Waals surface area contributed by atoms with Crippen molar-refractivity contribution in [3.05, 3.63) is 87.6 Å². The smallest absolute Gasteiger partial charge is 0.262 e. The van der Waals surface area contributed by atoms with Gasteiger partial charge in [0.05, 0.1) is 29.0 Å². The highest BCUT2D eigenvalue weighted by molar-refractivity contribution is 8.00. The van der Waals surface area contributed by atoms with Gasteiger partial charge in [-0.1, -0.05) is 23.4 Å². The quantitative estimate of drug-likeness (QED) is 0.304. The highest BCUT2D eigenvalue weighted by Gasteiger charge is 2.20. The van der Waals surface area contributed by atoms with Crippen LogP contribution < -0.4 is 16.6 Å². The first-order valence-corrected chi connectivity index (χ1v) is 11.2. The number of halogens is 1. The van der Waals surface area contributed by atoms with Crippen molar-refractivity contribution in [2.24, 2.45) is 5.73 Å². The number of hydrogen-bond acceptors (Lipinski definition) is 6. The van der Waals surface area contributed by atoms with Gasteiger partial charge in [0.15, 0.2) is 5.16 Å². The molecule has 0 saturated heterocycles. The van der Waals surface area contributed by atoms with Gasteiger partial charge in [0.2, 0.25) is 11.8 Å². The highest BCUT2D eigenvalue weighted by atomic mass is 35.5. The summed E-state index contributed by atoms with van der Waals surface area (Å²) >= 11 is 7.23. The molecule has 8 nitrogen and oxygen atoms in total. The van der Waals surface area contributed by atoms with Crippen molar-refractivity contribution >= 4 is 51.8 Å². The Labute approximate surface area is 197 Å². The Morgan fingerprint density at radius 2 is 1.97 bits per heavy atom. The minimum atomic E-state index is -0.591.